The van der Waals surface area contributed by atoms with Crippen LogP contribution in [0, 0.1) is 6.92 Å². The minimum absolute atomic E-state index is 0.0151. The quantitative estimate of drug-likeness (QED) is 0.698. The summed E-state index contributed by atoms with van der Waals surface area (Å²) in [7, 11) is 0. The number of pyridine rings is 1. The maximum absolute atomic E-state index is 13.0. The van der Waals surface area contributed by atoms with Gasteiger partial charge in [-0.05, 0) is 38.3 Å². The zero-order valence-electron chi connectivity index (χ0n) is 15.8. The average molecular weight is 379 g/mol. The van der Waals surface area contributed by atoms with Crippen LogP contribution in [0.3, 0.4) is 0 Å². The molecule has 1 amide bonds. The fourth-order valence-corrected chi connectivity index (χ4v) is 3.36. The van der Waals surface area contributed by atoms with Crippen molar-refractivity contribution in [2.75, 3.05) is 17.2 Å². The van der Waals surface area contributed by atoms with Crippen molar-refractivity contribution in [2.24, 2.45) is 0 Å². The molecule has 3 aromatic rings. The fraction of sp³-hybridized carbons (Fsp3) is 0.400. The van der Waals surface area contributed by atoms with E-state index in [0.717, 1.165) is 31.4 Å². The number of ether oxygens (including phenoxy) is 1. The van der Waals surface area contributed by atoms with Crippen LogP contribution in [0.1, 0.15) is 54.0 Å². The minimum atomic E-state index is -0.296. The first kappa shape index (κ1) is 17.1. The molecule has 0 radical (unpaired) electrons. The molecule has 1 saturated heterocycles. The van der Waals surface area contributed by atoms with Crippen molar-refractivity contribution in [3.63, 3.8) is 0 Å². The van der Waals surface area contributed by atoms with E-state index in [2.05, 4.69) is 32.5 Å². The largest absolute Gasteiger partial charge is 0.442 e. The SMILES string of the molecule is Cc1oc2ncnc(NC3(C)CC3)c2c1C(=O)Nc1ccc(C2CCO2)cn1. The highest BCUT2D eigenvalue weighted by molar-refractivity contribution is 6.15. The fourth-order valence-electron chi connectivity index (χ4n) is 3.36. The van der Waals surface area contributed by atoms with Gasteiger partial charge < -0.3 is 19.8 Å². The van der Waals surface area contributed by atoms with Crippen molar-refractivity contribution in [1.82, 2.24) is 15.0 Å². The number of anilines is 2. The Balaban J connectivity index is 1.44. The molecule has 8 heteroatoms. The van der Waals surface area contributed by atoms with Crippen molar-refractivity contribution in [1.29, 1.82) is 0 Å². The maximum atomic E-state index is 13.0. The summed E-state index contributed by atoms with van der Waals surface area (Å²) in [5.41, 5.74) is 1.86. The van der Waals surface area contributed by atoms with Crippen LogP contribution in [-0.4, -0.2) is 33.0 Å². The summed E-state index contributed by atoms with van der Waals surface area (Å²) in [6.07, 6.45) is 6.44. The van der Waals surface area contributed by atoms with E-state index in [1.54, 1.807) is 19.2 Å². The van der Waals surface area contributed by atoms with Crippen LogP contribution in [-0.2, 0) is 4.74 Å². The smallest absolute Gasteiger partial charge is 0.261 e. The Morgan fingerprint density at radius 3 is 2.71 bits per heavy atom. The molecule has 1 atom stereocenters. The molecule has 0 spiro atoms. The maximum Gasteiger partial charge on any atom is 0.261 e. The van der Waals surface area contributed by atoms with Crippen LogP contribution in [0.4, 0.5) is 11.6 Å². The molecule has 0 aromatic carbocycles. The van der Waals surface area contributed by atoms with Crippen molar-refractivity contribution in [2.45, 2.75) is 44.8 Å². The van der Waals surface area contributed by atoms with Crippen LogP contribution in [0.5, 0.6) is 0 Å². The molecule has 144 valence electrons. The van der Waals surface area contributed by atoms with E-state index < -0.39 is 0 Å². The Labute approximate surface area is 161 Å². The van der Waals surface area contributed by atoms with E-state index in [4.69, 9.17) is 9.15 Å². The van der Waals surface area contributed by atoms with Crippen LogP contribution < -0.4 is 10.6 Å². The second-order valence-electron chi connectivity index (χ2n) is 7.70. The second-order valence-corrected chi connectivity index (χ2v) is 7.70. The van der Waals surface area contributed by atoms with Crippen LogP contribution in [0.15, 0.2) is 29.1 Å². The number of hydrogen-bond donors (Lipinski definition) is 2. The third kappa shape index (κ3) is 2.99. The number of aryl methyl sites for hydroxylation is 1. The summed E-state index contributed by atoms with van der Waals surface area (Å²) in [4.78, 5) is 25.9. The molecule has 4 heterocycles. The summed E-state index contributed by atoms with van der Waals surface area (Å²) in [5, 5.41) is 6.87. The Kier molecular flexibility index (Phi) is 3.83. The molecular weight excluding hydrogens is 358 g/mol. The summed E-state index contributed by atoms with van der Waals surface area (Å²) in [5.74, 6) is 1.30. The molecule has 1 saturated carbocycles. The Morgan fingerprint density at radius 1 is 1.25 bits per heavy atom. The van der Waals surface area contributed by atoms with Crippen molar-refractivity contribution in [3.05, 3.63) is 41.5 Å². The highest BCUT2D eigenvalue weighted by atomic mass is 16.5. The highest BCUT2D eigenvalue weighted by Crippen LogP contribution is 2.40. The number of aromatic nitrogens is 3. The summed E-state index contributed by atoms with van der Waals surface area (Å²) >= 11 is 0. The van der Waals surface area contributed by atoms with Gasteiger partial charge in [0.25, 0.3) is 5.91 Å². The van der Waals surface area contributed by atoms with Gasteiger partial charge in [-0.15, -0.1) is 0 Å². The number of fused-ring (bicyclic) bond motifs is 1. The van der Waals surface area contributed by atoms with Crippen LogP contribution >= 0.6 is 0 Å². The van der Waals surface area contributed by atoms with Gasteiger partial charge >= 0.3 is 0 Å². The van der Waals surface area contributed by atoms with E-state index in [1.165, 1.54) is 6.33 Å². The van der Waals surface area contributed by atoms with E-state index >= 15 is 0 Å². The lowest BCUT2D eigenvalue weighted by molar-refractivity contribution is -0.0528. The van der Waals surface area contributed by atoms with Crippen molar-refractivity contribution < 1.29 is 13.9 Å². The van der Waals surface area contributed by atoms with Gasteiger partial charge in [-0.25, -0.2) is 15.0 Å². The molecule has 1 aliphatic carbocycles. The van der Waals surface area contributed by atoms with Gasteiger partial charge in [-0.1, -0.05) is 6.07 Å². The summed E-state index contributed by atoms with van der Waals surface area (Å²) in [6.45, 7) is 4.67. The zero-order valence-corrected chi connectivity index (χ0v) is 15.8. The molecular formula is C20H21N5O3. The van der Waals surface area contributed by atoms with E-state index in [9.17, 15) is 4.79 Å². The third-order valence-corrected chi connectivity index (χ3v) is 5.41. The number of amides is 1. The number of carbonyl (C=O) groups is 1. The highest BCUT2D eigenvalue weighted by Gasteiger charge is 2.38. The normalized spacial score (nSPS) is 19.9. The number of hydrogen-bond acceptors (Lipinski definition) is 7. The van der Waals surface area contributed by atoms with Gasteiger partial charge in [0.2, 0.25) is 5.71 Å². The predicted octanol–water partition coefficient (Wildman–Crippen LogP) is 3.60. The minimum Gasteiger partial charge on any atom is -0.442 e. The number of carbonyl (C=O) groups excluding carboxylic acids is 1. The van der Waals surface area contributed by atoms with Gasteiger partial charge in [0.05, 0.1) is 23.7 Å². The van der Waals surface area contributed by atoms with E-state index in [1.807, 2.05) is 6.07 Å². The van der Waals surface area contributed by atoms with E-state index in [0.29, 0.717) is 34.1 Å². The topological polar surface area (TPSA) is 102 Å². The van der Waals surface area contributed by atoms with Crippen LogP contribution in [0.2, 0.25) is 0 Å². The van der Waals surface area contributed by atoms with Gasteiger partial charge in [0.1, 0.15) is 23.7 Å². The first-order valence-corrected chi connectivity index (χ1v) is 9.44. The molecule has 3 aromatic heterocycles. The first-order chi connectivity index (χ1) is 13.5. The lowest BCUT2D eigenvalue weighted by Gasteiger charge is -2.26. The number of nitrogens with zero attached hydrogens (tertiary/aromatic N) is 3. The third-order valence-electron chi connectivity index (χ3n) is 5.41. The molecule has 0 bridgehead atoms. The molecule has 28 heavy (non-hydrogen) atoms. The Bertz CT molecular complexity index is 1050. The molecule has 1 unspecified atom stereocenters. The predicted molar refractivity (Wildman–Crippen MR) is 103 cm³/mol. The number of nitrogens with one attached hydrogen (secondary N) is 2. The van der Waals surface area contributed by atoms with E-state index in [-0.39, 0.29) is 17.6 Å². The van der Waals surface area contributed by atoms with Gasteiger partial charge in [-0.2, -0.15) is 0 Å². The lowest BCUT2D eigenvalue weighted by atomic mass is 10.1. The number of furan rings is 1. The summed E-state index contributed by atoms with van der Waals surface area (Å²) in [6, 6.07) is 3.71. The molecule has 8 nitrogen and oxygen atoms in total. The van der Waals surface area contributed by atoms with Gasteiger partial charge in [0.15, 0.2) is 0 Å². The lowest BCUT2D eigenvalue weighted by Crippen LogP contribution is -2.19. The summed E-state index contributed by atoms with van der Waals surface area (Å²) < 4.78 is 11.2. The Morgan fingerprint density at radius 2 is 2.07 bits per heavy atom. The Hall–Kier alpha value is -3.00. The molecule has 5 rings (SSSR count). The molecule has 2 aliphatic rings. The van der Waals surface area contributed by atoms with Crippen molar-refractivity contribution >= 4 is 28.6 Å². The number of rotatable bonds is 5. The molecule has 1 aliphatic heterocycles. The van der Waals surface area contributed by atoms with Crippen molar-refractivity contribution in [3.8, 4) is 0 Å². The molecule has 2 N–H and O–H groups in total. The monoisotopic (exact) mass is 379 g/mol. The van der Waals surface area contributed by atoms with Gasteiger partial charge in [-0.3, -0.25) is 4.79 Å². The van der Waals surface area contributed by atoms with Crippen LogP contribution in [0.25, 0.3) is 11.1 Å². The standard InChI is InChI=1S/C20H21N5O3/c1-11-15(16-17(25-20(2)6-7-20)22-10-23-19(16)28-11)18(26)24-14-4-3-12(9-21-14)13-5-8-27-13/h3-4,9-10,13H,5-8H2,1-2H3,(H,21,24,26)(H,22,23,25). The van der Waals surface area contributed by atoms with Gasteiger partial charge in [0, 0.05) is 18.2 Å². The first-order valence-electron chi connectivity index (χ1n) is 9.44. The zero-order chi connectivity index (χ0) is 19.3. The molecule has 2 fully saturated rings. The average Bonchev–Trinajstić information content (AvgIpc) is 3.23. The second kappa shape index (κ2) is 6.27.